The molecule has 0 saturated carbocycles. The summed E-state index contributed by atoms with van der Waals surface area (Å²) in [5.74, 6) is 1.80. The lowest BCUT2D eigenvalue weighted by molar-refractivity contribution is 1.07. The first-order valence-electron chi connectivity index (χ1n) is 15.3. The molecule has 0 bridgehead atoms. The molecule has 6 aromatic carbocycles. The van der Waals surface area contributed by atoms with E-state index >= 15 is 0 Å². The van der Waals surface area contributed by atoms with Gasteiger partial charge in [0.2, 0.25) is 0 Å². The third kappa shape index (κ3) is 4.90. The molecule has 0 N–H and O–H groups in total. The highest BCUT2D eigenvalue weighted by Gasteiger charge is 2.18. The second kappa shape index (κ2) is 11.3. The van der Waals surface area contributed by atoms with Crippen LogP contribution in [-0.4, -0.2) is 28.7 Å². The molecule has 0 radical (unpaired) electrons. The van der Waals surface area contributed by atoms with E-state index in [1.165, 1.54) is 11.7 Å². The van der Waals surface area contributed by atoms with E-state index in [1.54, 1.807) is 0 Å². The Bertz CT molecular complexity index is 2570. The Balaban J connectivity index is 1.26. The van der Waals surface area contributed by atoms with E-state index in [4.69, 9.17) is 24.3 Å². The third-order valence-electron chi connectivity index (χ3n) is 8.38. The predicted molar refractivity (Wildman–Crippen MR) is 191 cm³/mol. The highest BCUT2D eigenvalue weighted by Crippen LogP contribution is 2.38. The molecule has 3 aromatic heterocycles. The average molecular weight is 621 g/mol. The van der Waals surface area contributed by atoms with Gasteiger partial charge in [-0.25, -0.2) is 19.9 Å². The highest BCUT2D eigenvalue weighted by atomic mass is 32.1. The average Bonchev–Trinajstić information content (AvgIpc) is 3.65. The maximum atomic E-state index is 5.24. The topological polar surface area (TPSA) is 77.3 Å². The summed E-state index contributed by atoms with van der Waals surface area (Å²) in [6, 6.07) is 49.4. The number of pyridine rings is 1. The number of fused-ring (bicyclic) bond motifs is 5. The summed E-state index contributed by atoms with van der Waals surface area (Å²) >= 11 is 1.23. The van der Waals surface area contributed by atoms with Crippen LogP contribution >= 0.6 is 11.7 Å². The first-order valence-corrected chi connectivity index (χ1v) is 16.0. The van der Waals surface area contributed by atoms with Crippen molar-refractivity contribution in [3.8, 4) is 56.5 Å². The number of nitrogens with zero attached hydrogens (tertiary/aromatic N) is 6. The molecule has 47 heavy (non-hydrogen) atoms. The van der Waals surface area contributed by atoms with E-state index in [1.807, 2.05) is 84.9 Å². The smallest absolute Gasteiger partial charge is 0.164 e. The molecule has 3 heterocycles. The molecule has 7 heteroatoms. The fourth-order valence-corrected chi connectivity index (χ4v) is 6.65. The Morgan fingerprint density at radius 3 is 1.66 bits per heavy atom. The van der Waals surface area contributed by atoms with Crippen molar-refractivity contribution >= 4 is 44.4 Å². The van der Waals surface area contributed by atoms with E-state index in [2.05, 4.69) is 65.0 Å². The van der Waals surface area contributed by atoms with Gasteiger partial charge in [-0.3, -0.25) is 0 Å². The van der Waals surface area contributed by atoms with Crippen molar-refractivity contribution in [2.45, 2.75) is 0 Å². The second-order valence-corrected chi connectivity index (χ2v) is 11.8. The largest absolute Gasteiger partial charge is 0.247 e. The van der Waals surface area contributed by atoms with E-state index in [0.29, 0.717) is 17.5 Å². The Kier molecular flexibility index (Phi) is 6.54. The maximum Gasteiger partial charge on any atom is 0.164 e. The van der Waals surface area contributed by atoms with Crippen molar-refractivity contribution in [2.75, 3.05) is 0 Å². The molecule has 0 unspecified atom stereocenters. The molecule has 0 fully saturated rings. The van der Waals surface area contributed by atoms with Gasteiger partial charge in [-0.15, -0.1) is 0 Å². The van der Waals surface area contributed by atoms with E-state index < -0.39 is 0 Å². The zero-order valence-corrected chi connectivity index (χ0v) is 25.8. The zero-order chi connectivity index (χ0) is 31.2. The van der Waals surface area contributed by atoms with Crippen molar-refractivity contribution in [1.82, 2.24) is 28.7 Å². The van der Waals surface area contributed by atoms with Crippen LogP contribution in [0.2, 0.25) is 0 Å². The van der Waals surface area contributed by atoms with Crippen molar-refractivity contribution in [3.63, 3.8) is 0 Å². The fraction of sp³-hybridized carbons (Fsp3) is 0. The quantitative estimate of drug-likeness (QED) is 0.178. The van der Waals surface area contributed by atoms with E-state index in [0.717, 1.165) is 71.8 Å². The molecule has 9 aromatic rings. The number of rotatable bonds is 5. The molecular formula is C40H24N6S. The molecular weight excluding hydrogens is 597 g/mol. The highest BCUT2D eigenvalue weighted by molar-refractivity contribution is 7.00. The lowest BCUT2D eigenvalue weighted by atomic mass is 9.98. The van der Waals surface area contributed by atoms with Gasteiger partial charge >= 0.3 is 0 Å². The van der Waals surface area contributed by atoms with E-state index in [-0.39, 0.29) is 0 Å². The van der Waals surface area contributed by atoms with Gasteiger partial charge in [0.1, 0.15) is 11.0 Å². The standard InChI is InChI=1S/C40H24N6S/c1-4-11-25(12-5-1)28-17-10-18-29(23-28)39-42-38(27-15-8-3-9-16-27)43-40(44-39)30-19-20-31-34(24-30)41-36(26-13-6-2-7-14-26)32-21-22-33-37(35(31)32)46-47-45-33/h1-24H. The van der Waals surface area contributed by atoms with Crippen LogP contribution in [0, 0.1) is 0 Å². The Labute approximate surface area is 274 Å². The summed E-state index contributed by atoms with van der Waals surface area (Å²) in [4.78, 5) is 20.3. The second-order valence-electron chi connectivity index (χ2n) is 11.3. The van der Waals surface area contributed by atoms with Crippen molar-refractivity contribution in [1.29, 1.82) is 0 Å². The van der Waals surface area contributed by atoms with Crippen LogP contribution in [0.5, 0.6) is 0 Å². The van der Waals surface area contributed by atoms with Crippen LogP contribution in [0.4, 0.5) is 0 Å². The molecule has 0 saturated heterocycles. The molecule has 0 aliphatic heterocycles. The number of hydrogen-bond acceptors (Lipinski definition) is 7. The SMILES string of the molecule is c1ccc(-c2cccc(-c3nc(-c4ccccc4)nc(-c4ccc5c(c4)nc(-c4ccccc4)c4ccc6nsnc6c45)n3)c2)cc1. The lowest BCUT2D eigenvalue weighted by Crippen LogP contribution is -2.00. The molecule has 0 aliphatic carbocycles. The van der Waals surface area contributed by atoms with Gasteiger partial charge in [0.25, 0.3) is 0 Å². The molecule has 9 rings (SSSR count). The predicted octanol–water partition coefficient (Wildman–Crippen LogP) is 9.91. The van der Waals surface area contributed by atoms with Gasteiger partial charge in [-0.2, -0.15) is 8.75 Å². The molecule has 0 aliphatic rings. The first-order chi connectivity index (χ1) is 23.3. The molecule has 6 nitrogen and oxygen atoms in total. The molecule has 0 spiro atoms. The Morgan fingerprint density at radius 2 is 0.936 bits per heavy atom. The first kappa shape index (κ1) is 27.2. The normalized spacial score (nSPS) is 11.4. The van der Waals surface area contributed by atoms with Crippen molar-refractivity contribution in [3.05, 3.63) is 146 Å². The van der Waals surface area contributed by atoms with Crippen LogP contribution in [0.3, 0.4) is 0 Å². The van der Waals surface area contributed by atoms with Gasteiger partial charge in [-0.1, -0.05) is 121 Å². The van der Waals surface area contributed by atoms with Crippen LogP contribution < -0.4 is 0 Å². The summed E-state index contributed by atoms with van der Waals surface area (Å²) in [6.07, 6.45) is 0. The molecule has 0 atom stereocenters. The van der Waals surface area contributed by atoms with Gasteiger partial charge < -0.3 is 0 Å². The monoisotopic (exact) mass is 620 g/mol. The fourth-order valence-electron chi connectivity index (χ4n) is 6.11. The van der Waals surface area contributed by atoms with Crippen molar-refractivity contribution in [2.24, 2.45) is 0 Å². The summed E-state index contributed by atoms with van der Waals surface area (Å²) in [6.45, 7) is 0. The van der Waals surface area contributed by atoms with Crippen LogP contribution in [-0.2, 0) is 0 Å². The van der Waals surface area contributed by atoms with Crippen LogP contribution in [0.1, 0.15) is 0 Å². The summed E-state index contributed by atoms with van der Waals surface area (Å²) in [5, 5.41) is 3.10. The van der Waals surface area contributed by atoms with Gasteiger partial charge in [0, 0.05) is 38.4 Å². The minimum atomic E-state index is 0.581. The van der Waals surface area contributed by atoms with Gasteiger partial charge in [0.15, 0.2) is 17.5 Å². The van der Waals surface area contributed by atoms with Gasteiger partial charge in [-0.05, 0) is 35.4 Å². The minimum absolute atomic E-state index is 0.581. The molecule has 0 amide bonds. The minimum Gasteiger partial charge on any atom is -0.247 e. The molecule has 220 valence electrons. The number of hydrogen-bond donors (Lipinski definition) is 0. The number of benzene rings is 6. The van der Waals surface area contributed by atoms with Gasteiger partial charge in [0.05, 0.1) is 22.9 Å². The number of aromatic nitrogens is 6. The summed E-state index contributed by atoms with van der Waals surface area (Å²) < 4.78 is 9.23. The van der Waals surface area contributed by atoms with Crippen molar-refractivity contribution < 1.29 is 0 Å². The van der Waals surface area contributed by atoms with Crippen LogP contribution in [0.15, 0.2) is 146 Å². The Morgan fingerprint density at radius 1 is 0.362 bits per heavy atom. The maximum absolute atomic E-state index is 5.24. The third-order valence-corrected chi connectivity index (χ3v) is 8.93. The lowest BCUT2D eigenvalue weighted by Gasteiger charge is -2.12. The Hall–Kier alpha value is -6.18. The van der Waals surface area contributed by atoms with E-state index in [9.17, 15) is 0 Å². The van der Waals surface area contributed by atoms with Crippen LogP contribution in [0.25, 0.3) is 89.3 Å². The summed E-state index contributed by atoms with van der Waals surface area (Å²) in [7, 11) is 0. The zero-order valence-electron chi connectivity index (χ0n) is 24.9. The summed E-state index contributed by atoms with van der Waals surface area (Å²) in [5.41, 5.74) is 9.48.